The molecule has 1 saturated heterocycles. The molecule has 3 rings (SSSR count). The van der Waals surface area contributed by atoms with Gasteiger partial charge < -0.3 is 10.1 Å². The average molecular weight is 339 g/mol. The number of nitrogens with zero attached hydrogens (tertiary/aromatic N) is 2. The molecule has 1 fully saturated rings. The Morgan fingerprint density at radius 3 is 2.79 bits per heavy atom. The molecule has 5 nitrogen and oxygen atoms in total. The molecule has 24 heavy (non-hydrogen) atoms. The van der Waals surface area contributed by atoms with E-state index in [0.717, 1.165) is 16.9 Å². The number of carbonyl (C=O) groups excluding carboxylic acids is 1. The zero-order valence-electron chi connectivity index (χ0n) is 13.2. The number of hydrogen-bond donors (Lipinski definition) is 1. The van der Waals surface area contributed by atoms with Gasteiger partial charge in [0.1, 0.15) is 12.4 Å². The molecule has 0 radical (unpaired) electrons. The van der Waals surface area contributed by atoms with Gasteiger partial charge in [-0.15, -0.1) is 5.10 Å². The van der Waals surface area contributed by atoms with E-state index in [0.29, 0.717) is 17.5 Å². The molecule has 0 bridgehead atoms. The molecular weight excluding hydrogens is 322 g/mol. The number of amidine groups is 1. The molecule has 6 heteroatoms. The molecule has 0 atom stereocenters. The molecule has 1 N–H and O–H groups in total. The summed E-state index contributed by atoms with van der Waals surface area (Å²) in [5.41, 5.74) is 3.28. The first-order valence-corrected chi connectivity index (χ1v) is 8.50. The van der Waals surface area contributed by atoms with Crippen molar-refractivity contribution in [3.8, 4) is 5.75 Å². The highest BCUT2D eigenvalue weighted by Crippen LogP contribution is 2.14. The zero-order valence-corrected chi connectivity index (χ0v) is 14.0. The van der Waals surface area contributed by atoms with Crippen molar-refractivity contribution < 1.29 is 9.53 Å². The van der Waals surface area contributed by atoms with Gasteiger partial charge in [-0.3, -0.25) is 4.79 Å². The molecule has 0 spiro atoms. The number of nitrogens with one attached hydrogen (secondary N) is 1. The quantitative estimate of drug-likeness (QED) is 0.672. The van der Waals surface area contributed by atoms with Crippen molar-refractivity contribution in [1.82, 2.24) is 5.32 Å². The highest BCUT2D eigenvalue weighted by Gasteiger charge is 2.15. The summed E-state index contributed by atoms with van der Waals surface area (Å²) in [4.78, 5) is 11.0. The van der Waals surface area contributed by atoms with E-state index in [1.54, 1.807) is 6.21 Å². The third-order valence-corrected chi connectivity index (χ3v) is 4.17. The molecule has 2 aromatic carbocycles. The van der Waals surface area contributed by atoms with Crippen molar-refractivity contribution in [1.29, 1.82) is 0 Å². The lowest BCUT2D eigenvalue weighted by atomic mass is 10.1. The molecule has 0 unspecified atom stereocenters. The Balaban J connectivity index is 1.54. The summed E-state index contributed by atoms with van der Waals surface area (Å²) in [5, 5.41) is 11.1. The van der Waals surface area contributed by atoms with E-state index in [-0.39, 0.29) is 5.91 Å². The third kappa shape index (κ3) is 4.70. The van der Waals surface area contributed by atoms with Gasteiger partial charge >= 0.3 is 0 Å². The Labute approximate surface area is 144 Å². The summed E-state index contributed by atoms with van der Waals surface area (Å²) >= 11 is 1.35. The molecule has 1 aliphatic heterocycles. The Morgan fingerprint density at radius 1 is 1.25 bits per heavy atom. The zero-order chi connectivity index (χ0) is 16.8. The lowest BCUT2D eigenvalue weighted by Gasteiger charge is -2.07. The van der Waals surface area contributed by atoms with Crippen molar-refractivity contribution in [3.05, 3.63) is 65.2 Å². The van der Waals surface area contributed by atoms with Crippen molar-refractivity contribution >= 4 is 29.1 Å². The number of ether oxygens (including phenoxy) is 1. The largest absolute Gasteiger partial charge is 0.489 e. The Morgan fingerprint density at radius 2 is 2.08 bits per heavy atom. The van der Waals surface area contributed by atoms with Crippen LogP contribution in [-0.4, -0.2) is 23.0 Å². The van der Waals surface area contributed by atoms with Gasteiger partial charge in [-0.25, -0.2) is 0 Å². The lowest BCUT2D eigenvalue weighted by Crippen LogP contribution is -2.19. The maximum Gasteiger partial charge on any atom is 0.236 e. The monoisotopic (exact) mass is 339 g/mol. The lowest BCUT2D eigenvalue weighted by molar-refractivity contribution is -0.116. The minimum atomic E-state index is -0.0379. The van der Waals surface area contributed by atoms with Gasteiger partial charge in [-0.1, -0.05) is 41.6 Å². The van der Waals surface area contributed by atoms with Crippen LogP contribution >= 0.6 is 11.8 Å². The van der Waals surface area contributed by atoms with Gasteiger partial charge in [0.15, 0.2) is 5.17 Å². The van der Waals surface area contributed by atoms with Crippen LogP contribution < -0.4 is 10.1 Å². The van der Waals surface area contributed by atoms with E-state index in [4.69, 9.17) is 4.74 Å². The van der Waals surface area contributed by atoms with Crippen molar-refractivity contribution in [3.63, 3.8) is 0 Å². The Bertz CT molecular complexity index is 785. The summed E-state index contributed by atoms with van der Waals surface area (Å²) in [6.45, 7) is 2.61. The van der Waals surface area contributed by atoms with Gasteiger partial charge in [0, 0.05) is 0 Å². The van der Waals surface area contributed by atoms with Gasteiger partial charge in [0.05, 0.1) is 12.0 Å². The smallest absolute Gasteiger partial charge is 0.236 e. The predicted octanol–water partition coefficient (Wildman–Crippen LogP) is 3.13. The fraction of sp³-hybridized carbons (Fsp3) is 0.167. The number of amides is 1. The van der Waals surface area contributed by atoms with E-state index in [1.165, 1.54) is 17.3 Å². The first-order chi connectivity index (χ1) is 11.7. The molecular formula is C18H17N3O2S. The van der Waals surface area contributed by atoms with Crippen molar-refractivity contribution in [2.75, 3.05) is 5.75 Å². The predicted molar refractivity (Wildman–Crippen MR) is 97.6 cm³/mol. The van der Waals surface area contributed by atoms with Crippen LogP contribution in [0.3, 0.4) is 0 Å². The van der Waals surface area contributed by atoms with Crippen LogP contribution in [0.4, 0.5) is 0 Å². The third-order valence-electron chi connectivity index (χ3n) is 3.31. The number of thioether (sulfide) groups is 1. The second-order valence-electron chi connectivity index (χ2n) is 5.33. The Kier molecular flexibility index (Phi) is 5.28. The number of carbonyl (C=O) groups is 1. The van der Waals surface area contributed by atoms with E-state index in [2.05, 4.69) is 34.6 Å². The maximum atomic E-state index is 11.0. The molecule has 0 saturated carbocycles. The van der Waals surface area contributed by atoms with Gasteiger partial charge in [0.2, 0.25) is 5.91 Å². The normalized spacial score (nSPS) is 15.9. The second kappa shape index (κ2) is 7.79. The molecule has 122 valence electrons. The highest BCUT2D eigenvalue weighted by molar-refractivity contribution is 8.15. The van der Waals surface area contributed by atoms with Crippen LogP contribution in [0.25, 0.3) is 0 Å². The van der Waals surface area contributed by atoms with E-state index in [9.17, 15) is 4.79 Å². The minimum Gasteiger partial charge on any atom is -0.489 e. The van der Waals surface area contributed by atoms with Gasteiger partial charge in [0.25, 0.3) is 0 Å². The molecule has 1 amide bonds. The number of hydrogen-bond acceptors (Lipinski definition) is 5. The summed E-state index contributed by atoms with van der Waals surface area (Å²) in [6, 6.07) is 15.9. The average Bonchev–Trinajstić information content (AvgIpc) is 3.00. The first-order valence-electron chi connectivity index (χ1n) is 7.51. The molecule has 1 heterocycles. The van der Waals surface area contributed by atoms with E-state index >= 15 is 0 Å². The van der Waals surface area contributed by atoms with E-state index in [1.807, 2.05) is 36.4 Å². The fourth-order valence-corrected chi connectivity index (χ4v) is 2.78. The second-order valence-corrected chi connectivity index (χ2v) is 6.30. The van der Waals surface area contributed by atoms with Crippen LogP contribution in [0.2, 0.25) is 0 Å². The minimum absolute atomic E-state index is 0.0379. The van der Waals surface area contributed by atoms with Crippen LogP contribution in [0.1, 0.15) is 16.7 Å². The molecule has 0 aromatic heterocycles. The highest BCUT2D eigenvalue weighted by atomic mass is 32.2. The van der Waals surface area contributed by atoms with E-state index < -0.39 is 0 Å². The van der Waals surface area contributed by atoms with Crippen LogP contribution in [-0.2, 0) is 11.4 Å². The summed E-state index contributed by atoms with van der Waals surface area (Å²) in [5.74, 6) is 1.17. The molecule has 2 aromatic rings. The van der Waals surface area contributed by atoms with Crippen molar-refractivity contribution in [2.45, 2.75) is 13.5 Å². The molecule has 1 aliphatic rings. The number of benzene rings is 2. The van der Waals surface area contributed by atoms with Gasteiger partial charge in [-0.05, 0) is 42.3 Å². The van der Waals surface area contributed by atoms with Crippen LogP contribution in [0.5, 0.6) is 5.75 Å². The summed E-state index contributed by atoms with van der Waals surface area (Å²) in [7, 11) is 0. The Hall–Kier alpha value is -2.60. The summed E-state index contributed by atoms with van der Waals surface area (Å²) in [6.07, 6.45) is 1.64. The SMILES string of the molecule is Cc1cccc(COc2ccc(/C=N\N=C3NC(=O)CS3)cc2)c1. The maximum absolute atomic E-state index is 11.0. The van der Waals surface area contributed by atoms with Crippen molar-refractivity contribution in [2.24, 2.45) is 10.2 Å². The van der Waals surface area contributed by atoms with Crippen LogP contribution in [0, 0.1) is 6.92 Å². The topological polar surface area (TPSA) is 63.1 Å². The van der Waals surface area contributed by atoms with Gasteiger partial charge in [-0.2, -0.15) is 5.10 Å². The first kappa shape index (κ1) is 16.3. The number of rotatable bonds is 5. The fourth-order valence-electron chi connectivity index (χ4n) is 2.15. The standard InChI is InChI=1S/C18H17N3O2S/c1-13-3-2-4-15(9-13)11-23-16-7-5-14(6-8-16)10-19-21-18-20-17(22)12-24-18/h2-10H,11-12H2,1H3,(H,20,21,22)/b19-10-. The number of aryl methyl sites for hydroxylation is 1. The summed E-state index contributed by atoms with van der Waals surface area (Å²) < 4.78 is 5.78. The van der Waals surface area contributed by atoms with Crippen LogP contribution in [0.15, 0.2) is 58.7 Å². The molecule has 0 aliphatic carbocycles.